The smallest absolute Gasteiger partial charge is 0.139 e. The lowest BCUT2D eigenvalue weighted by Gasteiger charge is -2.17. The average Bonchev–Trinajstić information content (AvgIpc) is 3.61. The number of hydrogen-bond acceptors (Lipinski definition) is 3. The van der Waals surface area contributed by atoms with Crippen molar-refractivity contribution in [3.8, 4) is 33.8 Å². The first kappa shape index (κ1) is 23.8. The lowest BCUT2D eigenvalue weighted by molar-refractivity contribution is 1.31. The third-order valence-corrected chi connectivity index (χ3v) is 8.51. The molecule has 0 bridgehead atoms. The molecule has 6 aromatic carbocycles. The predicted octanol–water partition coefficient (Wildman–Crippen LogP) is 9.97. The molecule has 43 heavy (non-hydrogen) atoms. The molecule has 0 saturated heterocycles. The van der Waals surface area contributed by atoms with E-state index in [1.54, 1.807) is 6.20 Å². The Morgan fingerprint density at radius 3 is 2.16 bits per heavy atom. The molecule has 0 spiro atoms. The number of fused-ring (bicyclic) bond motifs is 6. The van der Waals surface area contributed by atoms with E-state index in [0.717, 1.165) is 66.5 Å². The Kier molecular flexibility index (Phi) is 5.16. The van der Waals surface area contributed by atoms with E-state index in [9.17, 15) is 0 Å². The molecule has 9 aromatic rings. The van der Waals surface area contributed by atoms with Crippen LogP contribution in [0, 0.1) is 0 Å². The molecule has 0 aliphatic carbocycles. The molecule has 0 fully saturated rings. The van der Waals surface area contributed by atoms with Crippen molar-refractivity contribution in [1.29, 1.82) is 0 Å². The number of rotatable bonds is 3. The molecule has 3 aromatic heterocycles. The van der Waals surface area contributed by atoms with Crippen LogP contribution >= 0.6 is 0 Å². The molecule has 4 heteroatoms. The first-order chi connectivity index (χ1) is 21.3. The summed E-state index contributed by atoms with van der Waals surface area (Å²) in [6.45, 7) is 0. The number of pyridine rings is 2. The van der Waals surface area contributed by atoms with E-state index in [2.05, 4.69) is 137 Å². The van der Waals surface area contributed by atoms with E-state index in [4.69, 9.17) is 9.97 Å². The Morgan fingerprint density at radius 2 is 1.23 bits per heavy atom. The number of para-hydroxylation sites is 2. The van der Waals surface area contributed by atoms with Crippen LogP contribution in [0.15, 0.2) is 140 Å². The molecular formula is C39H24N4. The number of benzene rings is 6. The van der Waals surface area contributed by atoms with Gasteiger partial charge in [-0.2, -0.15) is 0 Å². The second kappa shape index (κ2) is 9.33. The molecule has 0 atom stereocenters. The summed E-state index contributed by atoms with van der Waals surface area (Å²) >= 11 is 0. The molecule has 0 aliphatic rings. The molecule has 0 aliphatic heterocycles. The van der Waals surface area contributed by atoms with Crippen molar-refractivity contribution < 1.29 is 0 Å². The van der Waals surface area contributed by atoms with Gasteiger partial charge in [0.1, 0.15) is 5.82 Å². The third kappa shape index (κ3) is 3.74. The largest absolute Gasteiger partial charge is 0.345 e. The highest BCUT2D eigenvalue weighted by molar-refractivity contribution is 6.16. The molecule has 200 valence electrons. The highest BCUT2D eigenvalue weighted by Gasteiger charge is 2.18. The third-order valence-electron chi connectivity index (χ3n) is 8.51. The summed E-state index contributed by atoms with van der Waals surface area (Å²) in [6, 6.07) is 45.2. The summed E-state index contributed by atoms with van der Waals surface area (Å²) in [6.07, 6.45) is 3.62. The van der Waals surface area contributed by atoms with Gasteiger partial charge in [-0.3, -0.25) is 0 Å². The first-order valence-corrected chi connectivity index (χ1v) is 14.5. The summed E-state index contributed by atoms with van der Waals surface area (Å²) in [4.78, 5) is 18.1. The first-order valence-electron chi connectivity index (χ1n) is 14.5. The van der Waals surface area contributed by atoms with Crippen LogP contribution < -0.4 is 0 Å². The maximum Gasteiger partial charge on any atom is 0.139 e. The molecule has 3 heterocycles. The maximum absolute atomic E-state index is 5.21. The zero-order valence-corrected chi connectivity index (χ0v) is 23.1. The fraction of sp³-hybridized carbons (Fsp3) is 0. The van der Waals surface area contributed by atoms with Crippen LogP contribution in [0.3, 0.4) is 0 Å². The Labute approximate surface area is 247 Å². The maximum atomic E-state index is 5.21. The minimum Gasteiger partial charge on any atom is -0.345 e. The van der Waals surface area contributed by atoms with E-state index >= 15 is 0 Å². The van der Waals surface area contributed by atoms with Crippen LogP contribution in [-0.2, 0) is 0 Å². The van der Waals surface area contributed by atoms with Gasteiger partial charge in [-0.25, -0.2) is 15.0 Å². The molecule has 0 saturated carbocycles. The minimum atomic E-state index is 0.819. The van der Waals surface area contributed by atoms with Crippen molar-refractivity contribution in [2.45, 2.75) is 0 Å². The lowest BCUT2D eigenvalue weighted by Crippen LogP contribution is -1.94. The number of aromatic nitrogens is 4. The van der Waals surface area contributed by atoms with Gasteiger partial charge in [0.05, 0.1) is 22.2 Å². The van der Waals surface area contributed by atoms with Crippen LogP contribution in [0.25, 0.3) is 88.0 Å². The summed E-state index contributed by atoms with van der Waals surface area (Å²) in [5.74, 6) is 0.819. The fourth-order valence-corrected chi connectivity index (χ4v) is 6.51. The zero-order valence-electron chi connectivity index (χ0n) is 23.1. The standard InChI is InChI=1S/C39H24N4/c1-3-10-27-24(7-1)15-17-30-29(27)18-19-31(37(30)36-20-16-25-8-2-4-13-34(25)42-36)28-11-6-14-35-33(28)23-26-9-5-12-32(38(26)43-35)39-40-21-22-41-39/h1-23H,(H,40,41). The monoisotopic (exact) mass is 548 g/mol. The van der Waals surface area contributed by atoms with E-state index in [1.165, 1.54) is 21.5 Å². The van der Waals surface area contributed by atoms with E-state index < -0.39 is 0 Å². The highest BCUT2D eigenvalue weighted by atomic mass is 14.9. The van der Waals surface area contributed by atoms with Crippen LogP contribution in [-0.4, -0.2) is 19.9 Å². The van der Waals surface area contributed by atoms with Gasteiger partial charge in [0.15, 0.2) is 0 Å². The van der Waals surface area contributed by atoms with E-state index in [-0.39, 0.29) is 0 Å². The van der Waals surface area contributed by atoms with Crippen molar-refractivity contribution in [3.63, 3.8) is 0 Å². The van der Waals surface area contributed by atoms with Crippen LogP contribution in [0.5, 0.6) is 0 Å². The lowest BCUT2D eigenvalue weighted by atomic mass is 9.88. The Bertz CT molecular complexity index is 2510. The quantitative estimate of drug-likeness (QED) is 0.177. The van der Waals surface area contributed by atoms with Gasteiger partial charge < -0.3 is 4.98 Å². The van der Waals surface area contributed by atoms with Crippen molar-refractivity contribution in [2.75, 3.05) is 0 Å². The Hall–Kier alpha value is -5.87. The van der Waals surface area contributed by atoms with Crippen LogP contribution in [0.4, 0.5) is 0 Å². The summed E-state index contributed by atoms with van der Waals surface area (Å²) < 4.78 is 0. The second-order valence-corrected chi connectivity index (χ2v) is 10.9. The summed E-state index contributed by atoms with van der Waals surface area (Å²) in [7, 11) is 0. The topological polar surface area (TPSA) is 54.5 Å². The Morgan fingerprint density at radius 1 is 0.465 bits per heavy atom. The van der Waals surface area contributed by atoms with Gasteiger partial charge in [0.25, 0.3) is 0 Å². The van der Waals surface area contributed by atoms with Crippen LogP contribution in [0.2, 0.25) is 0 Å². The average molecular weight is 549 g/mol. The molecular weight excluding hydrogens is 524 g/mol. The fourth-order valence-electron chi connectivity index (χ4n) is 6.51. The number of nitrogens with zero attached hydrogens (tertiary/aromatic N) is 3. The number of hydrogen-bond donors (Lipinski definition) is 1. The van der Waals surface area contributed by atoms with Crippen molar-refractivity contribution in [2.24, 2.45) is 0 Å². The Balaban J connectivity index is 1.37. The number of nitrogens with one attached hydrogen (secondary N) is 1. The van der Waals surface area contributed by atoms with Crippen molar-refractivity contribution >= 4 is 54.3 Å². The predicted molar refractivity (Wildman–Crippen MR) is 178 cm³/mol. The molecule has 4 nitrogen and oxygen atoms in total. The van der Waals surface area contributed by atoms with Gasteiger partial charge in [-0.05, 0) is 63.0 Å². The summed E-state index contributed by atoms with van der Waals surface area (Å²) in [5, 5.41) is 8.19. The number of H-pyrrole nitrogens is 1. The van der Waals surface area contributed by atoms with Gasteiger partial charge in [-0.15, -0.1) is 0 Å². The van der Waals surface area contributed by atoms with Gasteiger partial charge >= 0.3 is 0 Å². The molecule has 0 radical (unpaired) electrons. The molecule has 1 N–H and O–H groups in total. The molecule has 9 rings (SSSR count). The van der Waals surface area contributed by atoms with Crippen LogP contribution in [0.1, 0.15) is 0 Å². The number of aromatic amines is 1. The van der Waals surface area contributed by atoms with Crippen molar-refractivity contribution in [1.82, 2.24) is 19.9 Å². The zero-order chi connectivity index (χ0) is 28.3. The molecule has 0 amide bonds. The van der Waals surface area contributed by atoms with Crippen molar-refractivity contribution in [3.05, 3.63) is 140 Å². The number of imidazole rings is 1. The van der Waals surface area contributed by atoms with Gasteiger partial charge in [0, 0.05) is 39.7 Å². The molecule has 0 unspecified atom stereocenters. The van der Waals surface area contributed by atoms with E-state index in [0.29, 0.717) is 0 Å². The second-order valence-electron chi connectivity index (χ2n) is 10.9. The van der Waals surface area contributed by atoms with Gasteiger partial charge in [-0.1, -0.05) is 97.1 Å². The highest BCUT2D eigenvalue weighted by Crippen LogP contribution is 2.42. The normalized spacial score (nSPS) is 11.7. The summed E-state index contributed by atoms with van der Waals surface area (Å²) in [5.41, 5.74) is 8.22. The SMILES string of the molecule is c1ccc2nc(-c3c(-c4cccc5nc6c(-c7ncc[nH]7)cccc6cc45)ccc4c3ccc3ccccc34)ccc2c1. The van der Waals surface area contributed by atoms with Gasteiger partial charge in [0.2, 0.25) is 0 Å². The minimum absolute atomic E-state index is 0.819. The van der Waals surface area contributed by atoms with E-state index in [1.807, 2.05) is 6.20 Å².